The number of allylic oxidation sites excluding steroid dienone is 1. The minimum Gasteiger partial charge on any atom is -0.366 e. The van der Waals surface area contributed by atoms with Crippen molar-refractivity contribution in [2.45, 2.75) is 34.1 Å². The first-order chi connectivity index (χ1) is 12.7. The predicted molar refractivity (Wildman–Crippen MR) is 118 cm³/mol. The number of aliphatic imine (C=N–C) groups is 1. The maximum Gasteiger partial charge on any atom is 0.138 e. The van der Waals surface area contributed by atoms with Gasteiger partial charge in [0, 0.05) is 24.5 Å². The fourth-order valence-corrected chi connectivity index (χ4v) is 2.08. The Morgan fingerprint density at radius 1 is 1.19 bits per heavy atom. The summed E-state index contributed by atoms with van der Waals surface area (Å²) in [6.45, 7) is 18.4. The zero-order chi connectivity index (χ0) is 19.8. The van der Waals surface area contributed by atoms with Gasteiger partial charge in [0.1, 0.15) is 17.3 Å². The molecule has 1 N–H and O–H groups in total. The number of nitrogens with one attached hydrogen (secondary N) is 1. The van der Waals surface area contributed by atoms with Crippen molar-refractivity contribution in [3.05, 3.63) is 67.7 Å². The van der Waals surface area contributed by atoms with E-state index in [1.165, 1.54) is 6.42 Å². The zero-order valence-electron chi connectivity index (χ0n) is 16.6. The van der Waals surface area contributed by atoms with Gasteiger partial charge in [-0.25, -0.2) is 4.98 Å². The van der Waals surface area contributed by atoms with Crippen LogP contribution in [-0.2, 0) is 0 Å². The Labute approximate surface area is 158 Å². The van der Waals surface area contributed by atoms with Crippen molar-refractivity contribution in [3.63, 3.8) is 0 Å². The van der Waals surface area contributed by atoms with Gasteiger partial charge in [-0.05, 0) is 20.6 Å². The van der Waals surface area contributed by atoms with E-state index in [0.29, 0.717) is 0 Å². The van der Waals surface area contributed by atoms with Gasteiger partial charge in [-0.3, -0.25) is 9.56 Å². The molecule has 1 heterocycles. The van der Waals surface area contributed by atoms with Crippen LogP contribution in [0.4, 0.5) is 5.82 Å². The van der Waals surface area contributed by atoms with E-state index in [1.807, 2.05) is 48.9 Å². The largest absolute Gasteiger partial charge is 0.366 e. The maximum absolute atomic E-state index is 4.68. The molecular formula is C22H32N4. The third-order valence-corrected chi connectivity index (χ3v) is 3.08. The van der Waals surface area contributed by atoms with Gasteiger partial charge in [0.05, 0.1) is 0 Å². The number of rotatable bonds is 6. The Kier molecular flexibility index (Phi) is 12.9. The van der Waals surface area contributed by atoms with Crippen LogP contribution in [0.3, 0.4) is 0 Å². The van der Waals surface area contributed by atoms with Gasteiger partial charge in [0.2, 0.25) is 0 Å². The first-order valence-electron chi connectivity index (χ1n) is 8.81. The Morgan fingerprint density at radius 2 is 1.81 bits per heavy atom. The number of aryl methyl sites for hydroxylation is 1. The van der Waals surface area contributed by atoms with Gasteiger partial charge in [-0.2, -0.15) is 0 Å². The lowest BCUT2D eigenvalue weighted by molar-refractivity contribution is 1.02. The second-order valence-corrected chi connectivity index (χ2v) is 5.23. The molecule has 4 nitrogen and oxygen atoms in total. The molecule has 0 aliphatic carbocycles. The van der Waals surface area contributed by atoms with E-state index in [9.17, 15) is 0 Å². The van der Waals surface area contributed by atoms with Gasteiger partial charge in [-0.15, -0.1) is 13.2 Å². The highest BCUT2D eigenvalue weighted by Gasteiger charge is 2.14. The summed E-state index contributed by atoms with van der Waals surface area (Å²) in [6.07, 6.45) is 8.85. The lowest BCUT2D eigenvalue weighted by Crippen LogP contribution is -2.04. The lowest BCUT2D eigenvalue weighted by Gasteiger charge is -2.08. The van der Waals surface area contributed by atoms with Crippen molar-refractivity contribution in [1.82, 2.24) is 9.55 Å². The van der Waals surface area contributed by atoms with Crippen molar-refractivity contribution < 1.29 is 0 Å². The Morgan fingerprint density at radius 3 is 2.35 bits per heavy atom. The van der Waals surface area contributed by atoms with Crippen molar-refractivity contribution >= 4 is 18.7 Å². The average molecular weight is 353 g/mol. The smallest absolute Gasteiger partial charge is 0.138 e. The summed E-state index contributed by atoms with van der Waals surface area (Å²) in [6, 6.07) is 10.1. The SMILES string of the molecule is C=C.C=N/C=C\n1c(C)nc(-c2ccccc2)c1NC/C=C\C.CCC. The van der Waals surface area contributed by atoms with E-state index in [0.717, 1.165) is 29.4 Å². The van der Waals surface area contributed by atoms with Crippen LogP contribution in [0.5, 0.6) is 0 Å². The Hall–Kier alpha value is -2.88. The molecule has 0 aliphatic rings. The van der Waals surface area contributed by atoms with E-state index >= 15 is 0 Å². The molecule has 0 atom stereocenters. The van der Waals surface area contributed by atoms with Gasteiger partial charge in [0.25, 0.3) is 0 Å². The van der Waals surface area contributed by atoms with Gasteiger partial charge < -0.3 is 5.32 Å². The molecule has 0 aliphatic heterocycles. The van der Waals surface area contributed by atoms with E-state index in [1.54, 1.807) is 6.20 Å². The summed E-state index contributed by atoms with van der Waals surface area (Å²) >= 11 is 0. The number of hydrogen-bond donors (Lipinski definition) is 1. The molecular weight excluding hydrogens is 320 g/mol. The quantitative estimate of drug-likeness (QED) is 0.497. The Balaban J connectivity index is 0.00000113. The number of nitrogens with zero attached hydrogens (tertiary/aromatic N) is 3. The fraction of sp³-hybridized carbons (Fsp3) is 0.273. The normalized spacial score (nSPS) is 10.0. The lowest BCUT2D eigenvalue weighted by atomic mass is 10.1. The number of benzene rings is 1. The summed E-state index contributed by atoms with van der Waals surface area (Å²) in [5.41, 5.74) is 2.02. The van der Waals surface area contributed by atoms with Gasteiger partial charge in [-0.1, -0.05) is 62.8 Å². The standard InChI is InChI=1S/C17H20N4.C3H8.C2H4/c1-4-5-11-19-17-16(15-9-7-6-8-10-15)20-14(2)21(17)13-12-18-3;1-3-2;1-2/h4-10,12-13,19H,3,11H2,1-2H3;3H2,1-2H3;1-2H2/b5-4-,13-12-;;. The summed E-state index contributed by atoms with van der Waals surface area (Å²) in [5.74, 6) is 1.86. The third-order valence-electron chi connectivity index (χ3n) is 3.08. The minimum absolute atomic E-state index is 0.747. The topological polar surface area (TPSA) is 42.2 Å². The van der Waals surface area contributed by atoms with Gasteiger partial charge >= 0.3 is 0 Å². The first kappa shape index (κ1) is 23.1. The monoisotopic (exact) mass is 352 g/mol. The Bertz CT molecular complexity index is 682. The molecule has 0 amide bonds. The summed E-state index contributed by atoms with van der Waals surface area (Å²) < 4.78 is 1.99. The highest BCUT2D eigenvalue weighted by Crippen LogP contribution is 2.28. The molecule has 0 spiro atoms. The van der Waals surface area contributed by atoms with Crippen LogP contribution < -0.4 is 5.32 Å². The molecule has 26 heavy (non-hydrogen) atoms. The van der Waals surface area contributed by atoms with Crippen LogP contribution in [0.15, 0.2) is 66.8 Å². The fourth-order valence-electron chi connectivity index (χ4n) is 2.08. The molecule has 4 heteroatoms. The highest BCUT2D eigenvalue weighted by atomic mass is 15.2. The molecule has 140 valence electrons. The van der Waals surface area contributed by atoms with E-state index in [-0.39, 0.29) is 0 Å². The maximum atomic E-state index is 4.68. The molecule has 1 aromatic carbocycles. The highest BCUT2D eigenvalue weighted by molar-refractivity contribution is 5.74. The molecule has 2 aromatic rings. The average Bonchev–Trinajstić information content (AvgIpc) is 2.99. The molecule has 0 fully saturated rings. The van der Waals surface area contributed by atoms with Crippen molar-refractivity contribution in [2.75, 3.05) is 11.9 Å². The summed E-state index contributed by atoms with van der Waals surface area (Å²) in [7, 11) is 0. The van der Waals surface area contributed by atoms with Crippen LogP contribution in [0.25, 0.3) is 17.5 Å². The molecule has 0 radical (unpaired) electrons. The number of hydrogen-bond acceptors (Lipinski definition) is 3. The predicted octanol–water partition coefficient (Wildman–Crippen LogP) is 6.19. The third kappa shape index (κ3) is 7.34. The summed E-state index contributed by atoms with van der Waals surface area (Å²) in [5, 5.41) is 3.41. The number of anilines is 1. The van der Waals surface area contributed by atoms with Crippen molar-refractivity contribution in [2.24, 2.45) is 4.99 Å². The van der Waals surface area contributed by atoms with E-state index in [2.05, 4.69) is 67.2 Å². The van der Waals surface area contributed by atoms with E-state index < -0.39 is 0 Å². The second-order valence-electron chi connectivity index (χ2n) is 5.23. The van der Waals surface area contributed by atoms with Crippen LogP contribution in [0, 0.1) is 6.92 Å². The van der Waals surface area contributed by atoms with Crippen LogP contribution in [0.2, 0.25) is 0 Å². The molecule has 0 saturated heterocycles. The molecule has 2 rings (SSSR count). The van der Waals surface area contributed by atoms with Crippen molar-refractivity contribution in [3.8, 4) is 11.3 Å². The molecule has 0 unspecified atom stereocenters. The van der Waals surface area contributed by atoms with Crippen LogP contribution >= 0.6 is 0 Å². The minimum atomic E-state index is 0.747. The number of imidazole rings is 1. The van der Waals surface area contributed by atoms with Gasteiger partial charge in [0.15, 0.2) is 0 Å². The van der Waals surface area contributed by atoms with Crippen LogP contribution in [-0.4, -0.2) is 22.8 Å². The first-order valence-corrected chi connectivity index (χ1v) is 8.81. The summed E-state index contributed by atoms with van der Waals surface area (Å²) in [4.78, 5) is 8.45. The molecule has 0 saturated carbocycles. The van der Waals surface area contributed by atoms with E-state index in [4.69, 9.17) is 0 Å². The second kappa shape index (κ2) is 14.5. The van der Waals surface area contributed by atoms with Crippen molar-refractivity contribution in [1.29, 1.82) is 0 Å². The zero-order valence-corrected chi connectivity index (χ0v) is 16.6. The number of aromatic nitrogens is 2. The van der Waals surface area contributed by atoms with Crippen LogP contribution in [0.1, 0.15) is 33.0 Å². The molecule has 1 aromatic heterocycles. The molecule has 0 bridgehead atoms.